The van der Waals surface area contributed by atoms with Crippen LogP contribution in [0.5, 0.6) is 11.5 Å². The van der Waals surface area contributed by atoms with E-state index in [1.54, 1.807) is 30.5 Å². The molecule has 1 aromatic carbocycles. The normalized spacial score (nSPS) is 15.2. The maximum absolute atomic E-state index is 8.81. The monoisotopic (exact) mass is 310 g/mol. The molecule has 2 aromatic rings. The van der Waals surface area contributed by atoms with Crippen LogP contribution >= 0.6 is 0 Å². The molecule has 1 aromatic heterocycles. The predicted molar refractivity (Wildman–Crippen MR) is 84.0 cm³/mol. The second kappa shape index (κ2) is 5.90. The Kier molecular flexibility index (Phi) is 3.93. The van der Waals surface area contributed by atoms with Crippen molar-refractivity contribution in [1.29, 1.82) is 5.26 Å². The van der Waals surface area contributed by atoms with Gasteiger partial charge in [-0.3, -0.25) is 4.98 Å². The second-order valence-electron chi connectivity index (χ2n) is 5.89. The summed E-state index contributed by atoms with van der Waals surface area (Å²) in [6.07, 6.45) is 1.79. The van der Waals surface area contributed by atoms with Gasteiger partial charge in [0.15, 0.2) is 0 Å². The molecular formula is C18H18N2O3. The van der Waals surface area contributed by atoms with Crippen LogP contribution in [0.25, 0.3) is 0 Å². The number of benzene rings is 1. The molecule has 0 N–H and O–H groups in total. The van der Waals surface area contributed by atoms with Crippen LogP contribution in [0.1, 0.15) is 36.2 Å². The van der Waals surface area contributed by atoms with E-state index in [-0.39, 0.29) is 0 Å². The first-order valence-electron chi connectivity index (χ1n) is 7.42. The van der Waals surface area contributed by atoms with Crippen molar-refractivity contribution in [1.82, 2.24) is 4.98 Å². The first kappa shape index (κ1) is 15.3. The van der Waals surface area contributed by atoms with Gasteiger partial charge in [0, 0.05) is 31.2 Å². The van der Waals surface area contributed by atoms with Gasteiger partial charge in [-0.15, -0.1) is 0 Å². The van der Waals surface area contributed by atoms with Crippen molar-refractivity contribution >= 4 is 0 Å². The number of pyridine rings is 1. The molecule has 2 heterocycles. The first-order chi connectivity index (χ1) is 11.0. The Morgan fingerprint density at radius 3 is 2.74 bits per heavy atom. The van der Waals surface area contributed by atoms with E-state index in [0.717, 1.165) is 22.6 Å². The number of nitrogens with zero attached hydrogens (tertiary/aromatic N) is 2. The molecule has 1 aliphatic rings. The van der Waals surface area contributed by atoms with Crippen molar-refractivity contribution in [3.05, 3.63) is 52.8 Å². The van der Waals surface area contributed by atoms with Crippen LogP contribution in [0.2, 0.25) is 0 Å². The van der Waals surface area contributed by atoms with E-state index in [0.29, 0.717) is 24.5 Å². The van der Waals surface area contributed by atoms with Gasteiger partial charge in [-0.25, -0.2) is 0 Å². The van der Waals surface area contributed by atoms with E-state index in [9.17, 15) is 0 Å². The number of hydrogen-bond donors (Lipinski definition) is 0. The zero-order chi connectivity index (χ0) is 16.4. The molecule has 1 aliphatic heterocycles. The summed E-state index contributed by atoms with van der Waals surface area (Å²) in [5.74, 6) is 0.838. The fraction of sp³-hybridized carbons (Fsp3) is 0.333. The van der Waals surface area contributed by atoms with E-state index in [4.69, 9.17) is 19.5 Å². The lowest BCUT2D eigenvalue weighted by molar-refractivity contribution is -0.181. The summed E-state index contributed by atoms with van der Waals surface area (Å²) in [5, 5.41) is 8.81. The van der Waals surface area contributed by atoms with Crippen molar-refractivity contribution in [2.45, 2.75) is 39.8 Å². The van der Waals surface area contributed by atoms with Gasteiger partial charge in [0.25, 0.3) is 0 Å². The molecule has 5 heteroatoms. The van der Waals surface area contributed by atoms with Crippen LogP contribution in [0.3, 0.4) is 0 Å². The van der Waals surface area contributed by atoms with Gasteiger partial charge in [0.1, 0.15) is 18.1 Å². The van der Waals surface area contributed by atoms with Gasteiger partial charge in [-0.1, -0.05) is 0 Å². The third-order valence-electron chi connectivity index (χ3n) is 3.69. The third kappa shape index (κ3) is 3.27. The molecule has 0 bridgehead atoms. The zero-order valence-electron chi connectivity index (χ0n) is 13.4. The number of ether oxygens (including phenoxy) is 3. The largest absolute Gasteiger partial charge is 0.489 e. The minimum Gasteiger partial charge on any atom is -0.489 e. The molecular weight excluding hydrogens is 292 g/mol. The molecule has 0 saturated heterocycles. The van der Waals surface area contributed by atoms with Crippen LogP contribution in [0, 0.1) is 18.3 Å². The topological polar surface area (TPSA) is 64.4 Å². The number of nitriles is 1. The van der Waals surface area contributed by atoms with E-state index in [2.05, 4.69) is 11.1 Å². The summed E-state index contributed by atoms with van der Waals surface area (Å²) in [6.45, 7) is 6.53. The molecule has 23 heavy (non-hydrogen) atoms. The number of hydrogen-bond acceptors (Lipinski definition) is 5. The number of aromatic nitrogens is 1. The molecule has 0 radical (unpaired) electrons. The summed E-state index contributed by atoms with van der Waals surface area (Å²) in [6, 6.07) is 9.10. The maximum Gasteiger partial charge on any atom is 0.205 e. The van der Waals surface area contributed by atoms with Crippen molar-refractivity contribution in [2.24, 2.45) is 0 Å². The molecule has 3 rings (SSSR count). The summed E-state index contributed by atoms with van der Waals surface area (Å²) in [4.78, 5) is 4.39. The van der Waals surface area contributed by atoms with E-state index in [1.165, 1.54) is 0 Å². The van der Waals surface area contributed by atoms with Crippen LogP contribution in [0.4, 0.5) is 0 Å². The molecule has 0 amide bonds. The minimum atomic E-state index is -0.647. The third-order valence-corrected chi connectivity index (χ3v) is 3.69. The number of rotatable bonds is 3. The lowest BCUT2D eigenvalue weighted by Crippen LogP contribution is -2.36. The summed E-state index contributed by atoms with van der Waals surface area (Å²) in [7, 11) is 0. The Balaban J connectivity index is 1.80. The Morgan fingerprint density at radius 2 is 2.04 bits per heavy atom. The zero-order valence-corrected chi connectivity index (χ0v) is 13.4. The highest BCUT2D eigenvalue weighted by Crippen LogP contribution is 2.35. The molecule has 5 nitrogen and oxygen atoms in total. The first-order valence-corrected chi connectivity index (χ1v) is 7.42. The standard InChI is InChI=1S/C18H18N2O3/c1-12-17-16(11-22-18(2,3)23-17)14(9-20-12)10-21-15-6-4-13(8-19)5-7-15/h4-7,9H,10-11H2,1-3H3. The number of fused-ring (bicyclic) bond motifs is 1. The Bertz CT molecular complexity index is 761. The summed E-state index contributed by atoms with van der Waals surface area (Å²) < 4.78 is 17.4. The van der Waals surface area contributed by atoms with Crippen LogP contribution in [-0.2, 0) is 18.0 Å². The highest BCUT2D eigenvalue weighted by Gasteiger charge is 2.30. The van der Waals surface area contributed by atoms with Gasteiger partial charge < -0.3 is 14.2 Å². The number of aryl methyl sites for hydroxylation is 1. The lowest BCUT2D eigenvalue weighted by atomic mass is 10.1. The van der Waals surface area contributed by atoms with Crippen LogP contribution in [0.15, 0.2) is 30.5 Å². The highest BCUT2D eigenvalue weighted by atomic mass is 16.7. The fourth-order valence-electron chi connectivity index (χ4n) is 2.40. The Labute approximate surface area is 135 Å². The van der Waals surface area contributed by atoms with Gasteiger partial charge in [-0.2, -0.15) is 5.26 Å². The van der Waals surface area contributed by atoms with Gasteiger partial charge in [-0.05, 0) is 31.2 Å². The predicted octanol–water partition coefficient (Wildman–Crippen LogP) is 3.49. The van der Waals surface area contributed by atoms with Crippen molar-refractivity contribution < 1.29 is 14.2 Å². The van der Waals surface area contributed by atoms with Gasteiger partial charge in [0.2, 0.25) is 5.79 Å². The van der Waals surface area contributed by atoms with Gasteiger partial charge >= 0.3 is 0 Å². The maximum atomic E-state index is 8.81. The minimum absolute atomic E-state index is 0.370. The van der Waals surface area contributed by atoms with Crippen molar-refractivity contribution in [3.63, 3.8) is 0 Å². The van der Waals surface area contributed by atoms with Crippen molar-refractivity contribution in [2.75, 3.05) is 0 Å². The molecule has 0 unspecified atom stereocenters. The lowest BCUT2D eigenvalue weighted by Gasteiger charge is -2.34. The average molecular weight is 310 g/mol. The summed E-state index contributed by atoms with van der Waals surface area (Å²) in [5.41, 5.74) is 3.37. The highest BCUT2D eigenvalue weighted by molar-refractivity contribution is 5.43. The quantitative estimate of drug-likeness (QED) is 0.868. The van der Waals surface area contributed by atoms with Crippen molar-refractivity contribution in [3.8, 4) is 17.6 Å². The molecule has 0 atom stereocenters. The average Bonchev–Trinajstić information content (AvgIpc) is 2.54. The molecule has 0 saturated carbocycles. The molecule has 0 spiro atoms. The smallest absolute Gasteiger partial charge is 0.205 e. The van der Waals surface area contributed by atoms with Crippen LogP contribution < -0.4 is 9.47 Å². The SMILES string of the molecule is Cc1ncc(COc2ccc(C#N)cc2)c2c1OC(C)(C)OC2. The Morgan fingerprint density at radius 1 is 1.30 bits per heavy atom. The fourth-order valence-corrected chi connectivity index (χ4v) is 2.40. The Hall–Kier alpha value is -2.58. The summed E-state index contributed by atoms with van der Waals surface area (Å²) >= 11 is 0. The van der Waals surface area contributed by atoms with E-state index in [1.807, 2.05) is 20.8 Å². The molecule has 118 valence electrons. The van der Waals surface area contributed by atoms with Crippen LogP contribution in [-0.4, -0.2) is 10.8 Å². The molecule has 0 fully saturated rings. The van der Waals surface area contributed by atoms with E-state index < -0.39 is 5.79 Å². The van der Waals surface area contributed by atoms with Gasteiger partial charge in [0.05, 0.1) is 23.9 Å². The van der Waals surface area contributed by atoms with E-state index >= 15 is 0 Å². The second-order valence-corrected chi connectivity index (χ2v) is 5.89. The molecule has 0 aliphatic carbocycles.